The van der Waals surface area contributed by atoms with Gasteiger partial charge < -0.3 is 5.32 Å². The first kappa shape index (κ1) is 15.4. The zero-order valence-electron chi connectivity index (χ0n) is 13.2. The molecule has 0 saturated heterocycles. The van der Waals surface area contributed by atoms with Crippen LogP contribution in [0.4, 0.5) is 4.39 Å². The van der Waals surface area contributed by atoms with Crippen molar-refractivity contribution in [3.8, 4) is 5.69 Å². The summed E-state index contributed by atoms with van der Waals surface area (Å²) >= 11 is 0. The number of aromatic nitrogens is 4. The smallest absolute Gasteiger partial charge is 0.125 e. The van der Waals surface area contributed by atoms with Crippen LogP contribution in [0.5, 0.6) is 0 Å². The molecule has 0 radical (unpaired) electrons. The first-order valence-electron chi connectivity index (χ1n) is 7.66. The monoisotopic (exact) mass is 313 g/mol. The van der Waals surface area contributed by atoms with Crippen molar-refractivity contribution in [2.24, 2.45) is 0 Å². The number of nitrogens with zero attached hydrogens (tertiary/aromatic N) is 4. The fraction of sp³-hybridized carbons (Fsp3) is 0.294. The molecular weight excluding hydrogens is 293 g/mol. The third-order valence-corrected chi connectivity index (χ3v) is 3.99. The van der Waals surface area contributed by atoms with E-state index in [4.69, 9.17) is 0 Å². The van der Waals surface area contributed by atoms with Crippen LogP contribution >= 0.6 is 0 Å². The summed E-state index contributed by atoms with van der Waals surface area (Å²) in [4.78, 5) is 0. The average Bonchev–Trinajstić information content (AvgIpc) is 3.23. The highest BCUT2D eigenvalue weighted by Gasteiger charge is 2.14. The van der Waals surface area contributed by atoms with Crippen molar-refractivity contribution >= 4 is 0 Å². The molecule has 2 atom stereocenters. The van der Waals surface area contributed by atoms with Crippen LogP contribution in [-0.4, -0.2) is 25.6 Å². The molecule has 2 aromatic heterocycles. The first-order valence-corrected chi connectivity index (χ1v) is 7.66. The summed E-state index contributed by atoms with van der Waals surface area (Å²) in [5.41, 5.74) is 1.63. The second-order valence-corrected chi connectivity index (χ2v) is 5.63. The summed E-state index contributed by atoms with van der Waals surface area (Å²) in [5.74, 6) is -0.264. The van der Waals surface area contributed by atoms with Crippen LogP contribution < -0.4 is 5.32 Å². The molecule has 0 aliphatic rings. The molecule has 1 aromatic carbocycles. The Bertz CT molecular complexity index is 750. The SMILES string of the molecule is C[C@H]([C@@H](C)NCc1ccn(-c2cccc(F)c2)n1)n1cccn1. The summed E-state index contributed by atoms with van der Waals surface area (Å²) in [7, 11) is 0. The van der Waals surface area contributed by atoms with E-state index < -0.39 is 0 Å². The highest BCUT2D eigenvalue weighted by atomic mass is 19.1. The van der Waals surface area contributed by atoms with Crippen LogP contribution in [0.2, 0.25) is 0 Å². The topological polar surface area (TPSA) is 47.7 Å². The minimum Gasteiger partial charge on any atom is -0.306 e. The number of halogens is 1. The molecule has 0 spiro atoms. The fourth-order valence-corrected chi connectivity index (χ4v) is 2.41. The van der Waals surface area contributed by atoms with Crippen molar-refractivity contribution in [3.63, 3.8) is 0 Å². The summed E-state index contributed by atoms with van der Waals surface area (Å²) in [5, 5.41) is 12.2. The molecule has 3 rings (SSSR count). The van der Waals surface area contributed by atoms with Gasteiger partial charge in [-0.25, -0.2) is 9.07 Å². The predicted molar refractivity (Wildman–Crippen MR) is 86.8 cm³/mol. The number of nitrogens with one attached hydrogen (secondary N) is 1. The van der Waals surface area contributed by atoms with Crippen LogP contribution in [0.25, 0.3) is 5.69 Å². The van der Waals surface area contributed by atoms with Gasteiger partial charge in [-0.3, -0.25) is 4.68 Å². The van der Waals surface area contributed by atoms with E-state index in [9.17, 15) is 4.39 Å². The van der Waals surface area contributed by atoms with Crippen molar-refractivity contribution in [1.29, 1.82) is 0 Å². The van der Waals surface area contributed by atoms with E-state index in [0.717, 1.165) is 5.69 Å². The highest BCUT2D eigenvalue weighted by molar-refractivity contribution is 5.31. The molecule has 2 heterocycles. The summed E-state index contributed by atoms with van der Waals surface area (Å²) in [6, 6.07) is 10.7. The Hall–Kier alpha value is -2.47. The highest BCUT2D eigenvalue weighted by Crippen LogP contribution is 2.11. The van der Waals surface area contributed by atoms with Crippen molar-refractivity contribution in [1.82, 2.24) is 24.9 Å². The molecule has 3 aromatic rings. The van der Waals surface area contributed by atoms with Crippen molar-refractivity contribution < 1.29 is 4.39 Å². The predicted octanol–water partition coefficient (Wildman–Crippen LogP) is 2.95. The van der Waals surface area contributed by atoms with Gasteiger partial charge in [-0.1, -0.05) is 6.07 Å². The lowest BCUT2D eigenvalue weighted by atomic mass is 10.1. The largest absolute Gasteiger partial charge is 0.306 e. The minimum absolute atomic E-state index is 0.245. The van der Waals surface area contributed by atoms with Crippen molar-refractivity contribution in [2.45, 2.75) is 32.5 Å². The molecule has 0 saturated carbocycles. The van der Waals surface area contributed by atoms with Gasteiger partial charge in [0.05, 0.1) is 17.4 Å². The molecule has 0 unspecified atom stereocenters. The fourth-order valence-electron chi connectivity index (χ4n) is 2.41. The maximum absolute atomic E-state index is 13.3. The Morgan fingerprint density at radius 3 is 2.78 bits per heavy atom. The third-order valence-electron chi connectivity index (χ3n) is 3.99. The molecule has 5 nitrogen and oxygen atoms in total. The molecule has 120 valence electrons. The van der Waals surface area contributed by atoms with Crippen molar-refractivity contribution in [2.75, 3.05) is 0 Å². The van der Waals surface area contributed by atoms with Gasteiger partial charge in [0, 0.05) is 31.2 Å². The Balaban J connectivity index is 1.61. The average molecular weight is 313 g/mol. The Kier molecular flexibility index (Phi) is 4.52. The standard InChI is InChI=1S/C17H20FN5/c1-13(14(2)22-9-4-8-20-22)19-12-16-7-10-23(21-16)17-6-3-5-15(18)11-17/h3-11,13-14,19H,12H2,1-2H3/t13-,14-/m1/s1. The van der Waals surface area contributed by atoms with Gasteiger partial charge in [0.25, 0.3) is 0 Å². The van der Waals surface area contributed by atoms with E-state index in [0.29, 0.717) is 12.2 Å². The molecule has 0 fully saturated rings. The minimum atomic E-state index is -0.264. The molecular formula is C17H20FN5. The van der Waals surface area contributed by atoms with Gasteiger partial charge in [0.15, 0.2) is 0 Å². The third kappa shape index (κ3) is 3.65. The molecule has 0 bridgehead atoms. The maximum atomic E-state index is 13.3. The zero-order valence-corrected chi connectivity index (χ0v) is 13.2. The lowest BCUT2D eigenvalue weighted by Gasteiger charge is -2.21. The molecule has 6 heteroatoms. The second-order valence-electron chi connectivity index (χ2n) is 5.63. The molecule has 0 aliphatic carbocycles. The molecule has 23 heavy (non-hydrogen) atoms. The molecule has 0 amide bonds. The summed E-state index contributed by atoms with van der Waals surface area (Å²) in [6.45, 7) is 4.89. The van der Waals surface area contributed by atoms with Crippen LogP contribution in [0, 0.1) is 5.82 Å². The van der Waals surface area contributed by atoms with Gasteiger partial charge in [-0.05, 0) is 44.2 Å². The first-order chi connectivity index (χ1) is 11.1. The van der Waals surface area contributed by atoms with E-state index in [-0.39, 0.29) is 17.9 Å². The maximum Gasteiger partial charge on any atom is 0.125 e. The number of hydrogen-bond donors (Lipinski definition) is 1. The van der Waals surface area contributed by atoms with Crippen LogP contribution in [0.1, 0.15) is 25.6 Å². The van der Waals surface area contributed by atoms with Gasteiger partial charge in [-0.15, -0.1) is 0 Å². The number of rotatable bonds is 6. The van der Waals surface area contributed by atoms with Gasteiger partial charge in [-0.2, -0.15) is 10.2 Å². The van der Waals surface area contributed by atoms with Gasteiger partial charge in [0.1, 0.15) is 5.82 Å². The van der Waals surface area contributed by atoms with Crippen molar-refractivity contribution in [3.05, 3.63) is 66.5 Å². The van der Waals surface area contributed by atoms with Gasteiger partial charge in [0.2, 0.25) is 0 Å². The Morgan fingerprint density at radius 2 is 2.04 bits per heavy atom. The van der Waals surface area contributed by atoms with Crippen LogP contribution in [0.15, 0.2) is 55.0 Å². The van der Waals surface area contributed by atoms with E-state index in [1.807, 2.05) is 35.3 Å². The van der Waals surface area contributed by atoms with E-state index in [1.54, 1.807) is 16.9 Å². The normalized spacial score (nSPS) is 13.9. The number of hydrogen-bond acceptors (Lipinski definition) is 3. The zero-order chi connectivity index (χ0) is 16.2. The van der Waals surface area contributed by atoms with Crippen LogP contribution in [0.3, 0.4) is 0 Å². The van der Waals surface area contributed by atoms with Gasteiger partial charge >= 0.3 is 0 Å². The molecule has 1 N–H and O–H groups in total. The van der Waals surface area contributed by atoms with E-state index in [1.165, 1.54) is 12.1 Å². The lowest BCUT2D eigenvalue weighted by molar-refractivity contribution is 0.363. The Morgan fingerprint density at radius 1 is 1.17 bits per heavy atom. The molecule has 0 aliphatic heterocycles. The summed E-state index contributed by atoms with van der Waals surface area (Å²) in [6.07, 6.45) is 5.58. The quantitative estimate of drug-likeness (QED) is 0.761. The Labute approximate surface area is 134 Å². The van der Waals surface area contributed by atoms with E-state index in [2.05, 4.69) is 29.4 Å². The van der Waals surface area contributed by atoms with Crippen LogP contribution in [-0.2, 0) is 6.54 Å². The number of benzene rings is 1. The lowest BCUT2D eigenvalue weighted by Crippen LogP contribution is -2.33. The second kappa shape index (κ2) is 6.75. The van der Waals surface area contributed by atoms with E-state index >= 15 is 0 Å². The summed E-state index contributed by atoms with van der Waals surface area (Å²) < 4.78 is 16.9.